The van der Waals surface area contributed by atoms with Gasteiger partial charge in [0.2, 0.25) is 0 Å². The number of hydrogen-bond donors (Lipinski definition) is 3. The summed E-state index contributed by atoms with van der Waals surface area (Å²) in [6.45, 7) is 14.3. The molecule has 3 N–H and O–H groups in total. The molecule has 4 fully saturated rings. The minimum absolute atomic E-state index is 0.0611. The summed E-state index contributed by atoms with van der Waals surface area (Å²) in [5.74, 6) is 0.732. The molecule has 0 spiro atoms. The van der Waals surface area contributed by atoms with Crippen LogP contribution in [0.3, 0.4) is 0 Å². The number of fused-ring (bicyclic) bond motifs is 7. The molecular weight excluding hydrogens is 424 g/mol. The Bertz CT molecular complexity index is 892. The monoisotopic (exact) mass is 472 g/mol. The van der Waals surface area contributed by atoms with Gasteiger partial charge >= 0.3 is 5.97 Å². The number of allylic oxidation sites excluding steroid dienone is 2. The van der Waals surface area contributed by atoms with Crippen LogP contribution < -0.4 is 0 Å². The van der Waals surface area contributed by atoms with E-state index < -0.39 is 17.5 Å². The van der Waals surface area contributed by atoms with Gasteiger partial charge in [-0.05, 0) is 103 Å². The van der Waals surface area contributed by atoms with Gasteiger partial charge in [-0.1, -0.05) is 53.2 Å². The van der Waals surface area contributed by atoms with Crippen LogP contribution in [0.2, 0.25) is 0 Å². The SMILES string of the molecule is CC1(C)C[C@@H](C(=O)O)C2CC[C@]3(C)C(=CC[C@@H]4[C@@]5(C)CC[C@H](O)[C@@](C)(CO)[C@@H]5CC[C@]43C)[C@@H]2C1. The average Bonchev–Trinajstić information content (AvgIpc) is 2.75. The number of aliphatic hydroxyl groups is 2. The van der Waals surface area contributed by atoms with Gasteiger partial charge in [-0.3, -0.25) is 4.79 Å². The molecule has 5 aliphatic rings. The van der Waals surface area contributed by atoms with Gasteiger partial charge in [0.15, 0.2) is 0 Å². The Hall–Kier alpha value is -0.870. The van der Waals surface area contributed by atoms with Crippen molar-refractivity contribution >= 4 is 5.97 Å². The number of aliphatic carboxylic acids is 1. The number of hydrogen-bond acceptors (Lipinski definition) is 3. The molecule has 192 valence electrons. The van der Waals surface area contributed by atoms with E-state index in [1.54, 1.807) is 5.57 Å². The lowest BCUT2D eigenvalue weighted by Gasteiger charge is -2.70. The summed E-state index contributed by atoms with van der Waals surface area (Å²) >= 11 is 0. The maximum atomic E-state index is 12.3. The Labute approximate surface area is 206 Å². The Balaban J connectivity index is 1.56. The molecule has 0 bridgehead atoms. The third-order valence-electron chi connectivity index (χ3n) is 12.9. The standard InChI is InChI=1S/C30H48O4/c1-26(2)15-19-18(20(16-26)25(33)34)9-13-29(5)21(19)7-8-23-27(3)12-11-24(32)28(4,17-31)22(27)10-14-30(23,29)6/h7,18-20,22-24,31-32H,8-17H2,1-6H3,(H,33,34)/t18?,19-,20-,22-,23-,24+,27+,28+,29-,30-/m1/s1. The van der Waals surface area contributed by atoms with Gasteiger partial charge in [0.1, 0.15) is 0 Å². The number of carbonyl (C=O) groups is 1. The topological polar surface area (TPSA) is 77.8 Å². The molecule has 0 aromatic carbocycles. The first-order chi connectivity index (χ1) is 15.7. The first-order valence-electron chi connectivity index (χ1n) is 14.0. The zero-order valence-electron chi connectivity index (χ0n) is 22.4. The predicted octanol–water partition coefficient (Wildman–Crippen LogP) is 6.06. The minimum Gasteiger partial charge on any atom is -0.481 e. The van der Waals surface area contributed by atoms with Gasteiger partial charge in [-0.15, -0.1) is 0 Å². The second-order valence-corrected chi connectivity index (χ2v) is 14.8. The normalized spacial score (nSPS) is 54.1. The van der Waals surface area contributed by atoms with Crippen molar-refractivity contribution in [2.75, 3.05) is 6.61 Å². The zero-order chi connectivity index (χ0) is 24.9. The highest BCUT2D eigenvalue weighted by molar-refractivity contribution is 5.71. The molecule has 0 amide bonds. The van der Waals surface area contributed by atoms with E-state index in [4.69, 9.17) is 0 Å². The molecular formula is C30H48O4. The maximum absolute atomic E-state index is 12.3. The van der Waals surface area contributed by atoms with E-state index in [1.165, 1.54) is 0 Å². The number of carboxylic acid groups (broad SMARTS) is 1. The fraction of sp³-hybridized carbons (Fsp3) is 0.900. The van der Waals surface area contributed by atoms with Crippen LogP contribution in [0.4, 0.5) is 0 Å². The summed E-state index contributed by atoms with van der Waals surface area (Å²) in [5.41, 5.74) is 1.62. The van der Waals surface area contributed by atoms with Crippen molar-refractivity contribution in [3.8, 4) is 0 Å². The Morgan fingerprint density at radius 3 is 2.32 bits per heavy atom. The number of aliphatic hydroxyl groups excluding tert-OH is 2. The van der Waals surface area contributed by atoms with E-state index in [1.807, 2.05) is 0 Å². The van der Waals surface area contributed by atoms with Gasteiger partial charge in [0.05, 0.1) is 18.6 Å². The summed E-state index contributed by atoms with van der Waals surface area (Å²) < 4.78 is 0. The molecule has 5 aliphatic carbocycles. The van der Waals surface area contributed by atoms with E-state index in [-0.39, 0.29) is 40.1 Å². The van der Waals surface area contributed by atoms with E-state index in [0.29, 0.717) is 17.8 Å². The molecule has 0 saturated heterocycles. The van der Waals surface area contributed by atoms with Crippen LogP contribution in [0.25, 0.3) is 0 Å². The quantitative estimate of drug-likeness (QED) is 0.427. The fourth-order valence-electron chi connectivity index (χ4n) is 10.9. The van der Waals surface area contributed by atoms with Gasteiger partial charge in [0, 0.05) is 5.41 Å². The average molecular weight is 473 g/mol. The molecule has 10 atom stereocenters. The van der Waals surface area contributed by atoms with Crippen molar-refractivity contribution in [1.29, 1.82) is 0 Å². The lowest BCUT2D eigenvalue weighted by molar-refractivity contribution is -0.214. The van der Waals surface area contributed by atoms with Crippen molar-refractivity contribution in [1.82, 2.24) is 0 Å². The van der Waals surface area contributed by atoms with E-state index in [2.05, 4.69) is 47.6 Å². The minimum atomic E-state index is -0.594. The number of carboxylic acids is 1. The Kier molecular flexibility index (Phi) is 5.52. The van der Waals surface area contributed by atoms with Crippen LogP contribution in [-0.4, -0.2) is 34.0 Å². The van der Waals surface area contributed by atoms with Crippen LogP contribution in [0.1, 0.15) is 99.3 Å². The van der Waals surface area contributed by atoms with Crippen molar-refractivity contribution in [3.05, 3.63) is 11.6 Å². The Morgan fingerprint density at radius 2 is 1.68 bits per heavy atom. The second-order valence-electron chi connectivity index (χ2n) is 14.8. The van der Waals surface area contributed by atoms with E-state index in [0.717, 1.165) is 57.8 Å². The molecule has 1 unspecified atom stereocenters. The van der Waals surface area contributed by atoms with Crippen LogP contribution in [0.5, 0.6) is 0 Å². The lowest BCUT2D eigenvalue weighted by Crippen LogP contribution is -2.65. The number of rotatable bonds is 2. The van der Waals surface area contributed by atoms with Crippen LogP contribution in [0, 0.1) is 56.7 Å². The van der Waals surface area contributed by atoms with Crippen LogP contribution in [0.15, 0.2) is 11.6 Å². The summed E-state index contributed by atoms with van der Waals surface area (Å²) in [5, 5.41) is 31.4. The molecule has 5 rings (SSSR count). The summed E-state index contributed by atoms with van der Waals surface area (Å²) in [6.07, 6.45) is 11.3. The first-order valence-corrected chi connectivity index (χ1v) is 14.0. The largest absolute Gasteiger partial charge is 0.481 e. The third kappa shape index (κ3) is 3.06. The van der Waals surface area contributed by atoms with Gasteiger partial charge in [-0.25, -0.2) is 0 Å². The first kappa shape index (κ1) is 24.8. The highest BCUT2D eigenvalue weighted by atomic mass is 16.4. The summed E-state index contributed by atoms with van der Waals surface area (Å²) in [4.78, 5) is 12.3. The highest BCUT2D eigenvalue weighted by Crippen LogP contribution is 2.74. The molecule has 4 nitrogen and oxygen atoms in total. The van der Waals surface area contributed by atoms with Gasteiger partial charge in [0.25, 0.3) is 0 Å². The molecule has 0 heterocycles. The third-order valence-corrected chi connectivity index (χ3v) is 12.9. The van der Waals surface area contributed by atoms with Gasteiger partial charge < -0.3 is 15.3 Å². The second kappa shape index (κ2) is 7.57. The van der Waals surface area contributed by atoms with Crippen molar-refractivity contribution in [2.24, 2.45) is 56.7 Å². The van der Waals surface area contributed by atoms with E-state index >= 15 is 0 Å². The fourth-order valence-corrected chi connectivity index (χ4v) is 10.9. The van der Waals surface area contributed by atoms with Crippen molar-refractivity contribution < 1.29 is 20.1 Å². The highest BCUT2D eigenvalue weighted by Gasteiger charge is 2.68. The maximum Gasteiger partial charge on any atom is 0.306 e. The molecule has 0 aliphatic heterocycles. The zero-order valence-corrected chi connectivity index (χ0v) is 22.4. The molecule has 4 heteroatoms. The summed E-state index contributed by atoms with van der Waals surface area (Å²) in [6, 6.07) is 0. The summed E-state index contributed by atoms with van der Waals surface area (Å²) in [7, 11) is 0. The molecule has 34 heavy (non-hydrogen) atoms. The molecule has 0 aromatic heterocycles. The molecule has 4 saturated carbocycles. The lowest BCUT2D eigenvalue weighted by atomic mass is 9.34. The van der Waals surface area contributed by atoms with Gasteiger partial charge in [-0.2, -0.15) is 0 Å². The predicted molar refractivity (Wildman–Crippen MR) is 134 cm³/mol. The van der Waals surface area contributed by atoms with Crippen molar-refractivity contribution in [3.63, 3.8) is 0 Å². The Morgan fingerprint density at radius 1 is 0.971 bits per heavy atom. The smallest absolute Gasteiger partial charge is 0.306 e. The van der Waals surface area contributed by atoms with Crippen molar-refractivity contribution in [2.45, 2.75) is 105 Å². The van der Waals surface area contributed by atoms with Crippen LogP contribution in [-0.2, 0) is 4.79 Å². The van der Waals surface area contributed by atoms with Crippen LogP contribution >= 0.6 is 0 Å². The molecule has 0 aromatic rings. The molecule has 0 radical (unpaired) electrons. The van der Waals surface area contributed by atoms with E-state index in [9.17, 15) is 20.1 Å².